The number of hydrogen-bond donors (Lipinski definition) is 1. The minimum atomic E-state index is -0.611. The number of carbonyl (C=O) groups excluding carboxylic acids is 3. The molecule has 0 spiro atoms. The number of carbonyl (C=O) groups is 3. The van der Waals surface area contributed by atoms with Gasteiger partial charge in [-0.1, -0.05) is 11.8 Å². The molecule has 7 heteroatoms. The second-order valence-corrected chi connectivity index (χ2v) is 6.27. The van der Waals surface area contributed by atoms with E-state index in [1.54, 1.807) is 0 Å². The van der Waals surface area contributed by atoms with Crippen LogP contribution in [0.2, 0.25) is 0 Å². The van der Waals surface area contributed by atoms with Gasteiger partial charge in [0.25, 0.3) is 0 Å². The first-order chi connectivity index (χ1) is 10.4. The molecule has 118 valence electrons. The Balaban J connectivity index is 2.23. The number of thioether (sulfide) groups is 1. The van der Waals surface area contributed by atoms with Crippen LogP contribution in [0.15, 0.2) is 18.2 Å². The largest absolute Gasteiger partial charge is 0.508 e. The van der Waals surface area contributed by atoms with Crippen LogP contribution in [0.3, 0.4) is 0 Å². The highest BCUT2D eigenvalue weighted by Crippen LogP contribution is 2.32. The average Bonchev–Trinajstić information content (AvgIpc) is 2.85. The molecule has 2 rings (SSSR count). The number of benzene rings is 1. The Morgan fingerprint density at radius 1 is 1.45 bits per heavy atom. The molecule has 1 aliphatic rings. The van der Waals surface area contributed by atoms with E-state index in [1.165, 1.54) is 48.9 Å². The van der Waals surface area contributed by atoms with E-state index in [2.05, 4.69) is 0 Å². The molecule has 22 heavy (non-hydrogen) atoms. The van der Waals surface area contributed by atoms with E-state index in [0.717, 1.165) is 0 Å². The Hall–Kier alpha value is -2.02. The van der Waals surface area contributed by atoms with Crippen LogP contribution in [0.25, 0.3) is 0 Å². The average molecular weight is 323 g/mol. The fourth-order valence-corrected chi connectivity index (χ4v) is 3.09. The molecule has 1 N–H and O–H groups in total. The van der Waals surface area contributed by atoms with Crippen molar-refractivity contribution >= 4 is 34.4 Å². The van der Waals surface area contributed by atoms with Crippen molar-refractivity contribution in [3.05, 3.63) is 23.8 Å². The standard InChI is InChI=1S/C15H17NO5S/c1-9(17)22-8-10-5-14(19)16(7-10)13-4-3-11(18)6-12(13)15(20)21-2/h3-4,6,10,18H,5,7-8H2,1-2H3. The van der Waals surface area contributed by atoms with Crippen molar-refractivity contribution in [3.63, 3.8) is 0 Å². The number of ether oxygens (including phenoxy) is 1. The van der Waals surface area contributed by atoms with Crippen LogP contribution in [0.4, 0.5) is 5.69 Å². The summed E-state index contributed by atoms with van der Waals surface area (Å²) >= 11 is 1.20. The third-order valence-electron chi connectivity index (χ3n) is 3.40. The van der Waals surface area contributed by atoms with Gasteiger partial charge in [0.15, 0.2) is 5.12 Å². The van der Waals surface area contributed by atoms with Crippen LogP contribution >= 0.6 is 11.8 Å². The predicted octanol–water partition coefficient (Wildman–Crippen LogP) is 1.81. The van der Waals surface area contributed by atoms with Crippen LogP contribution in [0, 0.1) is 5.92 Å². The highest BCUT2D eigenvalue weighted by Gasteiger charge is 2.33. The Labute approximate surface area is 132 Å². The second kappa shape index (κ2) is 6.83. The minimum absolute atomic E-state index is 0.0192. The van der Waals surface area contributed by atoms with Gasteiger partial charge >= 0.3 is 5.97 Å². The van der Waals surface area contributed by atoms with E-state index in [0.29, 0.717) is 24.4 Å². The van der Waals surface area contributed by atoms with Gasteiger partial charge in [-0.25, -0.2) is 4.79 Å². The Bertz CT molecular complexity index is 616. The van der Waals surface area contributed by atoms with Gasteiger partial charge < -0.3 is 14.7 Å². The third-order valence-corrected chi connectivity index (χ3v) is 4.45. The normalized spacial score (nSPS) is 17.6. The monoisotopic (exact) mass is 323 g/mol. The molecule has 1 aliphatic heterocycles. The summed E-state index contributed by atoms with van der Waals surface area (Å²) in [4.78, 5) is 36.6. The number of hydrogen-bond acceptors (Lipinski definition) is 6. The second-order valence-electron chi connectivity index (χ2n) is 5.07. The number of phenols is 1. The molecular weight excluding hydrogens is 306 g/mol. The maximum Gasteiger partial charge on any atom is 0.340 e. The summed E-state index contributed by atoms with van der Waals surface area (Å²) in [5, 5.41) is 9.56. The van der Waals surface area contributed by atoms with Crippen molar-refractivity contribution in [1.82, 2.24) is 0 Å². The maximum atomic E-state index is 12.2. The van der Waals surface area contributed by atoms with Crippen LogP contribution in [0.5, 0.6) is 5.75 Å². The van der Waals surface area contributed by atoms with E-state index < -0.39 is 5.97 Å². The molecule has 1 aromatic rings. The third kappa shape index (κ3) is 3.59. The summed E-state index contributed by atoms with van der Waals surface area (Å²) in [6.07, 6.45) is 0.335. The maximum absolute atomic E-state index is 12.2. The minimum Gasteiger partial charge on any atom is -0.508 e. The van der Waals surface area contributed by atoms with Gasteiger partial charge in [0.1, 0.15) is 5.75 Å². The fraction of sp³-hybridized carbons (Fsp3) is 0.400. The van der Waals surface area contributed by atoms with E-state index in [4.69, 9.17) is 4.74 Å². The molecule has 1 heterocycles. The highest BCUT2D eigenvalue weighted by molar-refractivity contribution is 8.13. The molecule has 0 aliphatic carbocycles. The van der Waals surface area contributed by atoms with Crippen molar-refractivity contribution in [2.45, 2.75) is 13.3 Å². The number of anilines is 1. The lowest BCUT2D eigenvalue weighted by Gasteiger charge is -2.19. The topological polar surface area (TPSA) is 83.9 Å². The van der Waals surface area contributed by atoms with Crippen molar-refractivity contribution in [2.24, 2.45) is 5.92 Å². The number of nitrogens with zero attached hydrogens (tertiary/aromatic N) is 1. The van der Waals surface area contributed by atoms with Crippen molar-refractivity contribution in [1.29, 1.82) is 0 Å². The Morgan fingerprint density at radius 2 is 2.18 bits per heavy atom. The predicted molar refractivity (Wildman–Crippen MR) is 83.0 cm³/mol. The smallest absolute Gasteiger partial charge is 0.340 e. The molecule has 1 unspecified atom stereocenters. The van der Waals surface area contributed by atoms with Crippen LogP contribution in [-0.4, -0.2) is 41.5 Å². The van der Waals surface area contributed by atoms with Gasteiger partial charge in [0.2, 0.25) is 5.91 Å². The van der Waals surface area contributed by atoms with Gasteiger partial charge in [0.05, 0.1) is 18.4 Å². The first-order valence-electron chi connectivity index (χ1n) is 6.77. The number of phenolic OH excluding ortho intramolecular Hbond substituents is 1. The summed E-state index contributed by atoms with van der Waals surface area (Å²) < 4.78 is 4.70. The summed E-state index contributed by atoms with van der Waals surface area (Å²) in [7, 11) is 1.24. The van der Waals surface area contributed by atoms with Crippen molar-refractivity contribution < 1.29 is 24.2 Å². The number of aromatic hydroxyl groups is 1. The van der Waals surface area contributed by atoms with E-state index in [1.807, 2.05) is 0 Å². The van der Waals surface area contributed by atoms with Gasteiger partial charge in [0, 0.05) is 25.6 Å². The number of esters is 1. The summed E-state index contributed by atoms with van der Waals surface area (Å²) in [6, 6.07) is 4.23. The number of amides is 1. The van der Waals surface area contributed by atoms with Crippen LogP contribution < -0.4 is 4.90 Å². The molecular formula is C15H17NO5S. The van der Waals surface area contributed by atoms with Gasteiger partial charge in [-0.15, -0.1) is 0 Å². The molecule has 1 aromatic carbocycles. The van der Waals surface area contributed by atoms with Gasteiger partial charge in [-0.3, -0.25) is 9.59 Å². The summed E-state index contributed by atoms with van der Waals surface area (Å²) in [5.41, 5.74) is 0.570. The fourth-order valence-electron chi connectivity index (χ4n) is 2.39. The van der Waals surface area contributed by atoms with Gasteiger partial charge in [-0.2, -0.15) is 0 Å². The first kappa shape index (κ1) is 16.4. The zero-order chi connectivity index (χ0) is 16.3. The SMILES string of the molecule is COC(=O)c1cc(O)ccc1N1CC(CSC(C)=O)CC1=O. The first-order valence-corrected chi connectivity index (χ1v) is 7.76. The lowest BCUT2D eigenvalue weighted by atomic mass is 10.1. The molecule has 0 saturated carbocycles. The Kier molecular flexibility index (Phi) is 5.07. The number of methoxy groups -OCH3 is 1. The molecule has 1 fully saturated rings. The lowest BCUT2D eigenvalue weighted by molar-refractivity contribution is -0.117. The quantitative estimate of drug-likeness (QED) is 0.851. The van der Waals surface area contributed by atoms with Gasteiger partial charge in [-0.05, 0) is 24.1 Å². The molecule has 1 saturated heterocycles. The zero-order valence-electron chi connectivity index (χ0n) is 12.4. The highest BCUT2D eigenvalue weighted by atomic mass is 32.2. The zero-order valence-corrected chi connectivity index (χ0v) is 13.2. The van der Waals surface area contributed by atoms with Crippen LogP contribution in [-0.2, 0) is 14.3 Å². The number of rotatable bonds is 4. The van der Waals surface area contributed by atoms with Crippen molar-refractivity contribution in [3.8, 4) is 5.75 Å². The summed E-state index contributed by atoms with van der Waals surface area (Å²) in [6.45, 7) is 1.93. The van der Waals surface area contributed by atoms with E-state index in [-0.39, 0.29) is 28.3 Å². The summed E-state index contributed by atoms with van der Waals surface area (Å²) in [5.74, 6) is -0.158. The molecule has 6 nitrogen and oxygen atoms in total. The molecule has 1 amide bonds. The molecule has 0 aromatic heterocycles. The van der Waals surface area contributed by atoms with Crippen molar-refractivity contribution in [2.75, 3.05) is 24.3 Å². The van der Waals surface area contributed by atoms with E-state index >= 15 is 0 Å². The Morgan fingerprint density at radius 3 is 2.82 bits per heavy atom. The molecule has 1 atom stereocenters. The molecule has 0 bridgehead atoms. The lowest BCUT2D eigenvalue weighted by Crippen LogP contribution is -2.27. The van der Waals surface area contributed by atoms with E-state index in [9.17, 15) is 19.5 Å². The molecule has 0 radical (unpaired) electrons. The van der Waals surface area contributed by atoms with Crippen LogP contribution in [0.1, 0.15) is 23.7 Å².